The Balaban J connectivity index is 3.02. The summed E-state index contributed by atoms with van der Waals surface area (Å²) in [7, 11) is 0. The van der Waals surface area contributed by atoms with E-state index in [4.69, 9.17) is 0 Å². The van der Waals surface area contributed by atoms with Crippen LogP contribution in [0.2, 0.25) is 0 Å². The highest BCUT2D eigenvalue weighted by atomic mass is 16.1. The van der Waals surface area contributed by atoms with E-state index in [2.05, 4.69) is 33.4 Å². The molecule has 0 aromatic carbocycles. The van der Waals surface area contributed by atoms with Crippen LogP contribution in [0.1, 0.15) is 65.7 Å². The number of hydrogen-bond donors (Lipinski definition) is 0. The van der Waals surface area contributed by atoms with Gasteiger partial charge in [0, 0.05) is 5.41 Å². The Hall–Kier alpha value is -0.850. The maximum Gasteiger partial charge on any atom is 0.161 e. The lowest BCUT2D eigenvalue weighted by molar-refractivity contribution is -0.128. The summed E-state index contributed by atoms with van der Waals surface area (Å²) in [5, 5.41) is 0. The van der Waals surface area contributed by atoms with Crippen LogP contribution >= 0.6 is 0 Å². The van der Waals surface area contributed by atoms with Crippen LogP contribution in [0.15, 0.2) is 24.3 Å². The molecule has 0 bridgehead atoms. The van der Waals surface area contributed by atoms with Gasteiger partial charge in [0.1, 0.15) is 0 Å². The van der Waals surface area contributed by atoms with Gasteiger partial charge in [-0.25, -0.2) is 0 Å². The number of rotatable bonds is 6. The molecule has 0 saturated carbocycles. The van der Waals surface area contributed by atoms with Crippen LogP contribution in [0.25, 0.3) is 0 Å². The number of hydrogen-bond acceptors (Lipinski definition) is 1. The molecule has 0 spiro atoms. The number of carbonyl (C=O) groups excluding carboxylic acids is 1. The van der Waals surface area contributed by atoms with Crippen molar-refractivity contribution in [2.24, 2.45) is 11.3 Å². The van der Waals surface area contributed by atoms with E-state index in [0.29, 0.717) is 5.92 Å². The molecule has 0 amide bonds. The van der Waals surface area contributed by atoms with E-state index in [0.717, 1.165) is 44.9 Å². The fourth-order valence-electron chi connectivity index (χ4n) is 3.50. The average molecular weight is 248 g/mol. The molecular weight excluding hydrogens is 220 g/mol. The third-order valence-corrected chi connectivity index (χ3v) is 4.64. The summed E-state index contributed by atoms with van der Waals surface area (Å²) in [6, 6.07) is 0. The quantitative estimate of drug-likeness (QED) is 0.473. The lowest BCUT2D eigenvalue weighted by atomic mass is 9.64. The van der Waals surface area contributed by atoms with Gasteiger partial charge < -0.3 is 0 Å². The summed E-state index contributed by atoms with van der Waals surface area (Å²) >= 11 is 0. The van der Waals surface area contributed by atoms with Crippen LogP contribution < -0.4 is 0 Å². The van der Waals surface area contributed by atoms with Crippen LogP contribution in [-0.4, -0.2) is 5.78 Å². The highest BCUT2D eigenvalue weighted by Crippen LogP contribution is 2.45. The molecule has 1 aliphatic carbocycles. The fraction of sp³-hybridized carbons (Fsp3) is 0.706. The van der Waals surface area contributed by atoms with E-state index in [-0.39, 0.29) is 11.2 Å². The van der Waals surface area contributed by atoms with E-state index in [1.165, 1.54) is 5.57 Å². The minimum atomic E-state index is -0.138. The molecule has 2 unspecified atom stereocenters. The minimum Gasteiger partial charge on any atom is -0.294 e. The highest BCUT2D eigenvalue weighted by Gasteiger charge is 2.42. The van der Waals surface area contributed by atoms with Gasteiger partial charge in [-0.2, -0.15) is 0 Å². The lowest BCUT2D eigenvalue weighted by Crippen LogP contribution is -2.37. The Morgan fingerprint density at radius 2 is 2.22 bits per heavy atom. The molecule has 1 heteroatoms. The van der Waals surface area contributed by atoms with Gasteiger partial charge in [0.05, 0.1) is 0 Å². The van der Waals surface area contributed by atoms with Crippen molar-refractivity contribution >= 4 is 5.78 Å². The summed E-state index contributed by atoms with van der Waals surface area (Å²) in [5.41, 5.74) is 1.31. The molecule has 1 rings (SSSR count). The van der Waals surface area contributed by atoms with Crippen LogP contribution in [-0.2, 0) is 4.79 Å². The third-order valence-electron chi connectivity index (χ3n) is 4.64. The van der Waals surface area contributed by atoms with Crippen molar-refractivity contribution in [1.82, 2.24) is 0 Å². The van der Waals surface area contributed by atoms with Gasteiger partial charge in [0.25, 0.3) is 0 Å². The molecular formula is C17H28O. The van der Waals surface area contributed by atoms with Gasteiger partial charge in [-0.15, -0.1) is 0 Å². The second-order valence-corrected chi connectivity index (χ2v) is 5.71. The Labute approximate surface area is 112 Å². The molecule has 0 heterocycles. The topological polar surface area (TPSA) is 17.1 Å². The zero-order chi connectivity index (χ0) is 13.6. The summed E-state index contributed by atoms with van der Waals surface area (Å²) in [5.74, 6) is 0.804. The zero-order valence-corrected chi connectivity index (χ0v) is 12.3. The molecule has 0 aromatic rings. The third kappa shape index (κ3) is 3.13. The van der Waals surface area contributed by atoms with Crippen molar-refractivity contribution < 1.29 is 4.79 Å². The number of carbonyl (C=O) groups is 1. The molecule has 0 saturated heterocycles. The predicted octanol–water partition coefficient (Wildman–Crippen LogP) is 5.07. The Morgan fingerprint density at radius 3 is 2.78 bits per heavy atom. The maximum absolute atomic E-state index is 12.5. The smallest absolute Gasteiger partial charge is 0.161 e. The first-order valence-electron chi connectivity index (χ1n) is 7.43. The molecule has 2 atom stereocenters. The first-order chi connectivity index (χ1) is 8.60. The molecule has 1 aliphatic rings. The Bertz CT molecular complexity index is 327. The fourth-order valence-corrected chi connectivity index (χ4v) is 3.50. The molecule has 0 fully saturated rings. The first-order valence-corrected chi connectivity index (χ1v) is 7.43. The minimum absolute atomic E-state index is 0.138. The maximum atomic E-state index is 12.5. The second-order valence-electron chi connectivity index (χ2n) is 5.71. The number of ketones is 1. The van der Waals surface area contributed by atoms with Crippen molar-refractivity contribution in [3.05, 3.63) is 24.3 Å². The predicted molar refractivity (Wildman–Crippen MR) is 78.6 cm³/mol. The van der Waals surface area contributed by atoms with E-state index in [1.54, 1.807) is 6.08 Å². The Kier molecular flexibility index (Phi) is 5.84. The van der Waals surface area contributed by atoms with Crippen LogP contribution in [0.5, 0.6) is 0 Å². The van der Waals surface area contributed by atoms with Gasteiger partial charge >= 0.3 is 0 Å². The van der Waals surface area contributed by atoms with Crippen LogP contribution in [0.4, 0.5) is 0 Å². The number of allylic oxidation sites excluding steroid dienone is 3. The molecule has 1 nitrogen and oxygen atoms in total. The standard InChI is InChI=1S/C17H28O/c1-5-9-15(6-2)17(16(18)7-3)12-8-10-14(4)11-13-17/h7,10,15H,3,5-6,8-9,11-13H2,1-2,4H3. The summed E-state index contributed by atoms with van der Waals surface area (Å²) in [6.45, 7) is 10.4. The van der Waals surface area contributed by atoms with Crippen molar-refractivity contribution in [1.29, 1.82) is 0 Å². The average Bonchev–Trinajstić information content (AvgIpc) is 2.58. The van der Waals surface area contributed by atoms with Crippen molar-refractivity contribution in [2.75, 3.05) is 0 Å². The first kappa shape index (κ1) is 15.2. The zero-order valence-electron chi connectivity index (χ0n) is 12.3. The molecule has 18 heavy (non-hydrogen) atoms. The molecule has 102 valence electrons. The largest absolute Gasteiger partial charge is 0.294 e. The normalized spacial score (nSPS) is 26.1. The SMILES string of the molecule is C=CC(=O)C1(C(CC)CCC)CCC=C(C)CC1. The monoisotopic (exact) mass is 248 g/mol. The summed E-state index contributed by atoms with van der Waals surface area (Å²) in [6.07, 6.45) is 11.5. The van der Waals surface area contributed by atoms with Crippen molar-refractivity contribution in [3.8, 4) is 0 Å². The Morgan fingerprint density at radius 1 is 1.50 bits per heavy atom. The van der Waals surface area contributed by atoms with Gasteiger partial charge in [-0.1, -0.05) is 44.9 Å². The molecule has 0 aliphatic heterocycles. The molecule has 0 radical (unpaired) electrons. The second kappa shape index (κ2) is 6.92. The van der Waals surface area contributed by atoms with E-state index >= 15 is 0 Å². The van der Waals surface area contributed by atoms with E-state index in [9.17, 15) is 4.79 Å². The summed E-state index contributed by atoms with van der Waals surface area (Å²) in [4.78, 5) is 12.5. The van der Waals surface area contributed by atoms with Gasteiger partial charge in [-0.05, 0) is 51.0 Å². The van der Waals surface area contributed by atoms with Gasteiger partial charge in [0.2, 0.25) is 0 Å². The van der Waals surface area contributed by atoms with Crippen molar-refractivity contribution in [2.45, 2.75) is 65.7 Å². The van der Waals surface area contributed by atoms with Crippen LogP contribution in [0.3, 0.4) is 0 Å². The van der Waals surface area contributed by atoms with Crippen molar-refractivity contribution in [3.63, 3.8) is 0 Å². The lowest BCUT2D eigenvalue weighted by Gasteiger charge is -2.38. The summed E-state index contributed by atoms with van der Waals surface area (Å²) < 4.78 is 0. The van der Waals surface area contributed by atoms with E-state index < -0.39 is 0 Å². The van der Waals surface area contributed by atoms with Gasteiger partial charge in [-0.3, -0.25) is 4.79 Å². The van der Waals surface area contributed by atoms with Gasteiger partial charge in [0.15, 0.2) is 5.78 Å². The van der Waals surface area contributed by atoms with E-state index in [1.807, 2.05) is 0 Å². The molecule has 0 aromatic heterocycles. The molecule has 0 N–H and O–H groups in total. The van der Waals surface area contributed by atoms with Crippen LogP contribution in [0, 0.1) is 11.3 Å². The highest BCUT2D eigenvalue weighted by molar-refractivity contribution is 5.94.